The van der Waals surface area contributed by atoms with E-state index < -0.39 is 37.2 Å². The lowest BCUT2D eigenvalue weighted by Gasteiger charge is -2.49. The fourth-order valence-electron chi connectivity index (χ4n) is 2.78. The van der Waals surface area contributed by atoms with Gasteiger partial charge < -0.3 is 25.5 Å². The van der Waals surface area contributed by atoms with Gasteiger partial charge in [0.05, 0.1) is 12.6 Å². The Balaban J connectivity index is 2.31. The third-order valence-electron chi connectivity index (χ3n) is 4.00. The number of hydrogen-bond donors (Lipinski definition) is 5. The lowest BCUT2D eigenvalue weighted by atomic mass is 9.90. The molecule has 112 valence electrons. The summed E-state index contributed by atoms with van der Waals surface area (Å²) >= 11 is 0. The van der Waals surface area contributed by atoms with Crippen molar-refractivity contribution in [1.29, 1.82) is 0 Å². The van der Waals surface area contributed by atoms with Gasteiger partial charge in [-0.15, -0.1) is 0 Å². The summed E-state index contributed by atoms with van der Waals surface area (Å²) in [6.45, 7) is 1.37. The average Bonchev–Trinajstić information content (AvgIpc) is 2.48. The van der Waals surface area contributed by atoms with Gasteiger partial charge in [-0.1, -0.05) is 30.3 Å². The monoisotopic (exact) mass is 283 g/mol. The number of aliphatic hydroxyl groups excluding tert-OH is 5. The highest BCUT2D eigenvalue weighted by atomic mass is 16.4. The summed E-state index contributed by atoms with van der Waals surface area (Å²) in [5.74, 6) is 0. The average molecular weight is 283 g/mol. The molecule has 1 fully saturated rings. The van der Waals surface area contributed by atoms with E-state index in [-0.39, 0.29) is 6.04 Å². The van der Waals surface area contributed by atoms with Crippen LogP contribution in [0, 0.1) is 0 Å². The molecule has 0 radical (unpaired) electrons. The van der Waals surface area contributed by atoms with Crippen molar-refractivity contribution < 1.29 is 25.5 Å². The molecule has 0 spiro atoms. The SMILES string of the molecule is CC(c1ccccc1)N1C(O)[C@H](O)[C@@H](O)[C@H](O)[C@H]1CO. The van der Waals surface area contributed by atoms with E-state index in [2.05, 4.69) is 0 Å². The zero-order valence-electron chi connectivity index (χ0n) is 11.2. The Bertz CT molecular complexity index is 429. The van der Waals surface area contributed by atoms with Crippen LogP contribution in [0.2, 0.25) is 0 Å². The van der Waals surface area contributed by atoms with E-state index in [0.717, 1.165) is 5.56 Å². The highest BCUT2D eigenvalue weighted by molar-refractivity contribution is 5.19. The summed E-state index contributed by atoms with van der Waals surface area (Å²) in [5, 5.41) is 49.1. The first-order valence-corrected chi connectivity index (χ1v) is 6.64. The molecule has 6 atom stereocenters. The van der Waals surface area contributed by atoms with E-state index in [1.54, 1.807) is 6.92 Å². The number of nitrogens with zero attached hydrogens (tertiary/aromatic N) is 1. The molecule has 1 aromatic carbocycles. The number of piperidine rings is 1. The number of hydrogen-bond acceptors (Lipinski definition) is 6. The summed E-state index contributed by atoms with van der Waals surface area (Å²) in [4.78, 5) is 1.43. The molecule has 1 aliphatic rings. The Morgan fingerprint density at radius 2 is 1.60 bits per heavy atom. The number of benzene rings is 1. The number of likely N-dealkylation sites (tertiary alicyclic amines) is 1. The third-order valence-corrected chi connectivity index (χ3v) is 4.00. The molecule has 1 saturated heterocycles. The number of aliphatic hydroxyl groups is 5. The minimum absolute atomic E-state index is 0.333. The second-order valence-electron chi connectivity index (χ2n) is 5.17. The van der Waals surface area contributed by atoms with E-state index in [1.807, 2.05) is 30.3 Å². The van der Waals surface area contributed by atoms with Gasteiger partial charge in [-0.25, -0.2) is 0 Å². The molecule has 6 heteroatoms. The maximum atomic E-state index is 10.2. The van der Waals surface area contributed by atoms with E-state index in [1.165, 1.54) is 4.90 Å². The van der Waals surface area contributed by atoms with Crippen LogP contribution < -0.4 is 0 Å². The van der Waals surface area contributed by atoms with Crippen molar-refractivity contribution in [2.45, 2.75) is 43.5 Å². The van der Waals surface area contributed by atoms with Gasteiger partial charge in [-0.05, 0) is 12.5 Å². The van der Waals surface area contributed by atoms with Crippen LogP contribution in [0.5, 0.6) is 0 Å². The molecule has 0 bridgehead atoms. The quantitative estimate of drug-likeness (QED) is 0.479. The molecule has 6 nitrogen and oxygen atoms in total. The van der Waals surface area contributed by atoms with Gasteiger partial charge in [-0.2, -0.15) is 0 Å². The molecular formula is C14H21NO5. The second kappa shape index (κ2) is 6.17. The van der Waals surface area contributed by atoms with E-state index in [9.17, 15) is 25.5 Å². The summed E-state index contributed by atoms with van der Waals surface area (Å²) < 4.78 is 0. The highest BCUT2D eigenvalue weighted by Gasteiger charge is 2.48. The second-order valence-corrected chi connectivity index (χ2v) is 5.17. The van der Waals surface area contributed by atoms with Gasteiger partial charge in [0.15, 0.2) is 0 Å². The van der Waals surface area contributed by atoms with Gasteiger partial charge in [0.1, 0.15) is 24.5 Å². The summed E-state index contributed by atoms with van der Waals surface area (Å²) in [6, 6.07) is 8.08. The summed E-state index contributed by atoms with van der Waals surface area (Å²) in [6.07, 6.45) is -5.66. The maximum Gasteiger partial charge on any atom is 0.137 e. The van der Waals surface area contributed by atoms with Crippen LogP contribution in [0.1, 0.15) is 18.5 Å². The van der Waals surface area contributed by atoms with Crippen LogP contribution >= 0.6 is 0 Å². The molecule has 20 heavy (non-hydrogen) atoms. The van der Waals surface area contributed by atoms with Crippen molar-refractivity contribution in [2.24, 2.45) is 0 Å². The molecule has 2 rings (SSSR count). The van der Waals surface area contributed by atoms with Crippen molar-refractivity contribution in [3.05, 3.63) is 35.9 Å². The topological polar surface area (TPSA) is 104 Å². The first kappa shape index (κ1) is 15.4. The predicted octanol–water partition coefficient (Wildman–Crippen LogP) is -1.17. The van der Waals surface area contributed by atoms with Crippen LogP contribution in [0.4, 0.5) is 0 Å². The lowest BCUT2D eigenvalue weighted by molar-refractivity contribution is -0.232. The van der Waals surface area contributed by atoms with Crippen LogP contribution in [-0.2, 0) is 0 Å². The van der Waals surface area contributed by atoms with Crippen molar-refractivity contribution in [1.82, 2.24) is 4.90 Å². The van der Waals surface area contributed by atoms with Gasteiger partial charge >= 0.3 is 0 Å². The molecule has 0 amide bonds. The summed E-state index contributed by atoms with van der Waals surface area (Å²) in [7, 11) is 0. The Morgan fingerprint density at radius 1 is 1.00 bits per heavy atom. The minimum Gasteiger partial charge on any atom is -0.395 e. The molecule has 1 heterocycles. The molecule has 0 aliphatic carbocycles. The van der Waals surface area contributed by atoms with Crippen LogP contribution in [0.15, 0.2) is 30.3 Å². The van der Waals surface area contributed by atoms with Crippen LogP contribution in [0.3, 0.4) is 0 Å². The normalized spacial score (nSPS) is 36.8. The Labute approximate surface area is 117 Å². The van der Waals surface area contributed by atoms with Gasteiger partial charge in [0.2, 0.25) is 0 Å². The van der Waals surface area contributed by atoms with E-state index in [4.69, 9.17) is 0 Å². The molecule has 1 aliphatic heterocycles. The summed E-state index contributed by atoms with van der Waals surface area (Å²) in [5.41, 5.74) is 0.876. The molecule has 0 aromatic heterocycles. The molecular weight excluding hydrogens is 262 g/mol. The first-order valence-electron chi connectivity index (χ1n) is 6.64. The fourth-order valence-corrected chi connectivity index (χ4v) is 2.78. The predicted molar refractivity (Wildman–Crippen MR) is 71.6 cm³/mol. The lowest BCUT2D eigenvalue weighted by Crippen LogP contribution is -2.67. The standard InChI is InChI=1S/C14H21NO5/c1-8(9-5-3-2-4-6-9)15-10(7-16)11(17)12(18)13(19)14(15)20/h2-6,8,10-14,16-20H,7H2,1H3/t8?,10-,11-,12+,13-,14?/m1/s1. The minimum atomic E-state index is -1.49. The Hall–Kier alpha value is -1.02. The van der Waals surface area contributed by atoms with Crippen LogP contribution in [-0.4, -0.2) is 67.6 Å². The van der Waals surface area contributed by atoms with E-state index >= 15 is 0 Å². The third kappa shape index (κ3) is 2.58. The van der Waals surface area contributed by atoms with Crippen molar-refractivity contribution in [3.8, 4) is 0 Å². The largest absolute Gasteiger partial charge is 0.395 e. The van der Waals surface area contributed by atoms with Crippen molar-refractivity contribution in [2.75, 3.05) is 6.61 Å². The van der Waals surface area contributed by atoms with Gasteiger partial charge in [0.25, 0.3) is 0 Å². The van der Waals surface area contributed by atoms with Gasteiger partial charge in [0, 0.05) is 6.04 Å². The smallest absolute Gasteiger partial charge is 0.137 e. The van der Waals surface area contributed by atoms with Crippen molar-refractivity contribution in [3.63, 3.8) is 0 Å². The van der Waals surface area contributed by atoms with Crippen LogP contribution in [0.25, 0.3) is 0 Å². The zero-order valence-corrected chi connectivity index (χ0v) is 11.2. The Morgan fingerprint density at radius 3 is 2.15 bits per heavy atom. The van der Waals surface area contributed by atoms with Gasteiger partial charge in [-0.3, -0.25) is 4.90 Å². The first-order chi connectivity index (χ1) is 9.49. The molecule has 2 unspecified atom stereocenters. The highest BCUT2D eigenvalue weighted by Crippen LogP contribution is 2.32. The fraction of sp³-hybridized carbons (Fsp3) is 0.571. The Kier molecular flexibility index (Phi) is 4.74. The zero-order chi connectivity index (χ0) is 14.9. The van der Waals surface area contributed by atoms with Crippen molar-refractivity contribution >= 4 is 0 Å². The van der Waals surface area contributed by atoms with E-state index in [0.29, 0.717) is 0 Å². The number of rotatable bonds is 3. The molecule has 5 N–H and O–H groups in total. The molecule has 1 aromatic rings. The molecule has 0 saturated carbocycles. The maximum absolute atomic E-state index is 10.2.